The van der Waals surface area contributed by atoms with Crippen molar-refractivity contribution in [3.8, 4) is 17.2 Å². The summed E-state index contributed by atoms with van der Waals surface area (Å²) in [7, 11) is 0. The first-order valence-electron chi connectivity index (χ1n) is 4.98. The van der Waals surface area contributed by atoms with Crippen LogP contribution in [0.3, 0.4) is 0 Å². The number of halogens is 2. The van der Waals surface area contributed by atoms with Crippen molar-refractivity contribution in [1.29, 1.82) is 0 Å². The zero-order valence-electron chi connectivity index (χ0n) is 8.78. The molecular weight excluding hydrogens is 366 g/mol. The second-order valence-electron chi connectivity index (χ2n) is 3.71. The molecule has 2 aliphatic rings. The number of hydrogen-bond acceptors (Lipinski definition) is 4. The van der Waals surface area contributed by atoms with Crippen molar-refractivity contribution < 1.29 is 9.52 Å². The molecule has 1 N–H and O–H groups in total. The third-order valence-corrected chi connectivity index (χ3v) is 4.62. The quantitative estimate of drug-likeness (QED) is 0.615. The van der Waals surface area contributed by atoms with Crippen LogP contribution < -0.4 is 5.43 Å². The van der Waals surface area contributed by atoms with Crippen LogP contribution in [0, 0.1) is 0 Å². The predicted molar refractivity (Wildman–Crippen MR) is 74.0 cm³/mol. The number of phenolic OH excluding ortho intramolecular Hbond substituents is 1. The second kappa shape index (κ2) is 4.07. The molecule has 1 aromatic carbocycles. The third-order valence-electron chi connectivity index (χ3n) is 2.51. The highest BCUT2D eigenvalue weighted by Crippen LogP contribution is 2.39. The van der Waals surface area contributed by atoms with Gasteiger partial charge in [0.1, 0.15) is 17.0 Å². The summed E-state index contributed by atoms with van der Waals surface area (Å²) in [6, 6.07) is 5.86. The van der Waals surface area contributed by atoms with Crippen molar-refractivity contribution in [2.75, 3.05) is 0 Å². The molecule has 18 heavy (non-hydrogen) atoms. The standard InChI is InChI=1S/C12H5Br2NO3/c13-10-7(17)4-9-12(11(10)14)15-6-2-1-5(16)3-8(6)18-9/h1-4,17H. The Morgan fingerprint density at radius 2 is 1.94 bits per heavy atom. The molecule has 0 saturated heterocycles. The van der Waals surface area contributed by atoms with Crippen molar-refractivity contribution in [2.45, 2.75) is 0 Å². The highest BCUT2D eigenvalue weighted by molar-refractivity contribution is 9.13. The summed E-state index contributed by atoms with van der Waals surface area (Å²) in [6.45, 7) is 0. The minimum absolute atomic E-state index is 0.0394. The van der Waals surface area contributed by atoms with Crippen molar-refractivity contribution in [1.82, 2.24) is 4.98 Å². The molecule has 0 spiro atoms. The monoisotopic (exact) mass is 369 g/mol. The van der Waals surface area contributed by atoms with Gasteiger partial charge in [0.05, 0.1) is 8.95 Å². The minimum atomic E-state index is -0.146. The Morgan fingerprint density at radius 1 is 1.17 bits per heavy atom. The van der Waals surface area contributed by atoms with Gasteiger partial charge in [-0.25, -0.2) is 4.98 Å². The molecule has 3 rings (SSSR count). The average Bonchev–Trinajstić information content (AvgIpc) is 2.34. The number of phenols is 1. The van der Waals surface area contributed by atoms with Crippen LogP contribution in [-0.2, 0) is 0 Å². The third kappa shape index (κ3) is 1.72. The molecule has 6 heteroatoms. The lowest BCUT2D eigenvalue weighted by Crippen LogP contribution is -1.99. The summed E-state index contributed by atoms with van der Waals surface area (Å²) >= 11 is 6.59. The lowest BCUT2D eigenvalue weighted by molar-refractivity contribution is 0.470. The van der Waals surface area contributed by atoms with E-state index in [2.05, 4.69) is 36.8 Å². The number of benzene rings is 2. The summed E-state index contributed by atoms with van der Waals surface area (Å²) < 4.78 is 6.69. The average molecular weight is 371 g/mol. The summed E-state index contributed by atoms with van der Waals surface area (Å²) in [6.07, 6.45) is 0. The van der Waals surface area contributed by atoms with Crippen LogP contribution in [0.1, 0.15) is 0 Å². The summed E-state index contributed by atoms with van der Waals surface area (Å²) in [4.78, 5) is 15.7. The first kappa shape index (κ1) is 11.7. The molecule has 0 radical (unpaired) electrons. The zero-order chi connectivity index (χ0) is 12.9. The van der Waals surface area contributed by atoms with Gasteiger partial charge in [-0.2, -0.15) is 0 Å². The molecule has 1 aromatic rings. The van der Waals surface area contributed by atoms with E-state index in [4.69, 9.17) is 4.42 Å². The van der Waals surface area contributed by atoms with Crippen LogP contribution in [0.4, 0.5) is 0 Å². The van der Waals surface area contributed by atoms with Crippen LogP contribution in [0.5, 0.6) is 5.75 Å². The molecule has 90 valence electrons. The maximum Gasteiger partial charge on any atom is 0.182 e. The van der Waals surface area contributed by atoms with Gasteiger partial charge in [-0.15, -0.1) is 0 Å². The number of aromatic hydroxyl groups is 1. The van der Waals surface area contributed by atoms with Gasteiger partial charge in [-0.3, -0.25) is 4.79 Å². The summed E-state index contributed by atoms with van der Waals surface area (Å²) in [5.74, 6) is 0.432. The largest absolute Gasteiger partial charge is 0.507 e. The number of rotatable bonds is 0. The van der Waals surface area contributed by atoms with Crippen molar-refractivity contribution in [3.05, 3.63) is 43.4 Å². The maximum absolute atomic E-state index is 11.3. The molecule has 0 amide bonds. The fourth-order valence-corrected chi connectivity index (χ4v) is 2.46. The number of hydrogen-bond donors (Lipinski definition) is 1. The lowest BCUT2D eigenvalue weighted by Gasteiger charge is -2.08. The van der Waals surface area contributed by atoms with Gasteiger partial charge in [-0.1, -0.05) is 0 Å². The fourth-order valence-electron chi connectivity index (χ4n) is 1.67. The van der Waals surface area contributed by atoms with E-state index >= 15 is 0 Å². The Kier molecular flexibility index (Phi) is 2.64. The van der Waals surface area contributed by atoms with Crippen molar-refractivity contribution in [3.63, 3.8) is 0 Å². The molecular formula is C12H5Br2NO3. The molecule has 1 heterocycles. The van der Waals surface area contributed by atoms with Gasteiger partial charge < -0.3 is 9.52 Å². The van der Waals surface area contributed by atoms with Crippen LogP contribution in [0.25, 0.3) is 22.6 Å². The zero-order valence-corrected chi connectivity index (χ0v) is 11.9. The molecule has 0 fully saturated rings. The van der Waals surface area contributed by atoms with E-state index in [9.17, 15) is 9.90 Å². The fraction of sp³-hybridized carbons (Fsp3) is 0. The highest BCUT2D eigenvalue weighted by Gasteiger charge is 2.15. The van der Waals surface area contributed by atoms with Gasteiger partial charge in [0, 0.05) is 12.1 Å². The summed E-state index contributed by atoms with van der Waals surface area (Å²) in [5, 5.41) is 9.70. The lowest BCUT2D eigenvalue weighted by atomic mass is 10.2. The van der Waals surface area contributed by atoms with Crippen LogP contribution >= 0.6 is 31.9 Å². The van der Waals surface area contributed by atoms with E-state index in [1.54, 1.807) is 6.07 Å². The molecule has 1 aliphatic heterocycles. The van der Waals surface area contributed by atoms with E-state index in [1.807, 2.05) is 0 Å². The molecule has 0 unspecified atom stereocenters. The van der Waals surface area contributed by atoms with Gasteiger partial charge in [-0.05, 0) is 44.0 Å². The Hall–Kier alpha value is -1.40. The number of fused-ring (bicyclic) bond motifs is 2. The first-order chi connectivity index (χ1) is 8.56. The van der Waals surface area contributed by atoms with Gasteiger partial charge >= 0.3 is 0 Å². The molecule has 0 saturated carbocycles. The van der Waals surface area contributed by atoms with Crippen molar-refractivity contribution in [2.24, 2.45) is 0 Å². The Morgan fingerprint density at radius 3 is 2.72 bits per heavy atom. The van der Waals surface area contributed by atoms with Gasteiger partial charge in [0.25, 0.3) is 0 Å². The first-order valence-corrected chi connectivity index (χ1v) is 6.56. The van der Waals surface area contributed by atoms with E-state index < -0.39 is 0 Å². The van der Waals surface area contributed by atoms with E-state index in [-0.39, 0.29) is 11.2 Å². The SMILES string of the molecule is O=c1ccc2nc3c(Br)c(Br)c(O)cc3oc-2c1. The van der Waals surface area contributed by atoms with Crippen LogP contribution in [-0.4, -0.2) is 10.1 Å². The molecule has 1 aliphatic carbocycles. The van der Waals surface area contributed by atoms with Crippen molar-refractivity contribution >= 4 is 43.0 Å². The normalized spacial score (nSPS) is 11.2. The van der Waals surface area contributed by atoms with E-state index in [0.717, 1.165) is 0 Å². The topological polar surface area (TPSA) is 63.3 Å². The maximum atomic E-state index is 11.3. The molecule has 0 bridgehead atoms. The smallest absolute Gasteiger partial charge is 0.182 e. The van der Waals surface area contributed by atoms with Crippen LogP contribution in [0.2, 0.25) is 0 Å². The van der Waals surface area contributed by atoms with Crippen LogP contribution in [0.15, 0.2) is 42.4 Å². The van der Waals surface area contributed by atoms with Gasteiger partial charge in [0.15, 0.2) is 16.8 Å². The Labute approximate surface area is 118 Å². The predicted octanol–water partition coefficient (Wildman–Crippen LogP) is 3.52. The molecule has 0 atom stereocenters. The van der Waals surface area contributed by atoms with Gasteiger partial charge in [0.2, 0.25) is 0 Å². The second-order valence-corrected chi connectivity index (χ2v) is 5.30. The highest BCUT2D eigenvalue weighted by atomic mass is 79.9. The number of aromatic nitrogens is 1. The van der Waals surface area contributed by atoms with E-state index in [1.165, 1.54) is 18.2 Å². The Balaban J connectivity index is 2.50. The minimum Gasteiger partial charge on any atom is -0.507 e. The molecule has 4 nitrogen and oxygen atoms in total. The Bertz CT molecular complexity index is 797. The molecule has 0 aromatic heterocycles. The van der Waals surface area contributed by atoms with E-state index in [0.29, 0.717) is 31.5 Å². The summed E-state index contributed by atoms with van der Waals surface area (Å²) in [5.41, 5.74) is 1.42. The number of nitrogens with zero attached hydrogens (tertiary/aromatic N) is 1.